The number of ether oxygens (including phenoxy) is 1. The molecule has 3 heteroatoms. The molecule has 0 amide bonds. The minimum Gasteiger partial charge on any atom is -0.381 e. The first-order valence-corrected chi connectivity index (χ1v) is 7.87. The van der Waals surface area contributed by atoms with Gasteiger partial charge in [0.2, 0.25) is 0 Å². The van der Waals surface area contributed by atoms with E-state index in [-0.39, 0.29) is 0 Å². The van der Waals surface area contributed by atoms with E-state index in [0.717, 1.165) is 25.2 Å². The summed E-state index contributed by atoms with van der Waals surface area (Å²) in [4.78, 5) is 2.73. The summed E-state index contributed by atoms with van der Waals surface area (Å²) in [7, 11) is 0. The molecule has 106 valence electrons. The third-order valence-corrected chi connectivity index (χ3v) is 4.52. The molecule has 0 bridgehead atoms. The average molecular weight is 254 g/mol. The fourth-order valence-electron chi connectivity index (χ4n) is 3.46. The summed E-state index contributed by atoms with van der Waals surface area (Å²) < 4.78 is 5.62. The molecule has 1 aliphatic heterocycles. The SMILES string of the molecule is CCCN(CC1CCCOC1)C1CCC(N)CC1. The Morgan fingerprint density at radius 2 is 1.94 bits per heavy atom. The van der Waals surface area contributed by atoms with Crippen molar-refractivity contribution in [3.8, 4) is 0 Å². The molecule has 2 aliphatic rings. The van der Waals surface area contributed by atoms with Gasteiger partial charge in [0.1, 0.15) is 0 Å². The van der Waals surface area contributed by atoms with E-state index in [1.165, 1.54) is 58.0 Å². The average Bonchev–Trinajstić information content (AvgIpc) is 2.40. The molecule has 1 aliphatic carbocycles. The molecule has 18 heavy (non-hydrogen) atoms. The molecule has 0 spiro atoms. The second-order valence-electron chi connectivity index (χ2n) is 6.15. The van der Waals surface area contributed by atoms with E-state index in [0.29, 0.717) is 6.04 Å². The Kier molecular flexibility index (Phi) is 5.93. The molecule has 1 saturated heterocycles. The Labute approximate surface area is 112 Å². The Balaban J connectivity index is 1.82. The Hall–Kier alpha value is -0.120. The zero-order chi connectivity index (χ0) is 12.8. The van der Waals surface area contributed by atoms with Crippen LogP contribution in [0.15, 0.2) is 0 Å². The monoisotopic (exact) mass is 254 g/mol. The van der Waals surface area contributed by atoms with Crippen molar-refractivity contribution >= 4 is 0 Å². The van der Waals surface area contributed by atoms with Crippen LogP contribution in [0.5, 0.6) is 0 Å². The lowest BCUT2D eigenvalue weighted by Gasteiger charge is -2.38. The highest BCUT2D eigenvalue weighted by Gasteiger charge is 2.26. The number of hydrogen-bond donors (Lipinski definition) is 1. The van der Waals surface area contributed by atoms with Crippen LogP contribution < -0.4 is 5.73 Å². The maximum atomic E-state index is 6.02. The van der Waals surface area contributed by atoms with Crippen molar-refractivity contribution in [2.45, 2.75) is 64.0 Å². The zero-order valence-corrected chi connectivity index (χ0v) is 11.9. The van der Waals surface area contributed by atoms with Gasteiger partial charge in [-0.25, -0.2) is 0 Å². The zero-order valence-electron chi connectivity index (χ0n) is 11.9. The maximum Gasteiger partial charge on any atom is 0.0506 e. The van der Waals surface area contributed by atoms with Gasteiger partial charge in [-0.3, -0.25) is 0 Å². The van der Waals surface area contributed by atoms with Crippen molar-refractivity contribution in [1.82, 2.24) is 4.90 Å². The van der Waals surface area contributed by atoms with E-state index in [2.05, 4.69) is 11.8 Å². The number of rotatable bonds is 5. The van der Waals surface area contributed by atoms with Crippen molar-refractivity contribution in [3.05, 3.63) is 0 Å². The smallest absolute Gasteiger partial charge is 0.0506 e. The number of nitrogens with two attached hydrogens (primary N) is 1. The lowest BCUT2D eigenvalue weighted by atomic mass is 9.89. The molecule has 2 N–H and O–H groups in total. The van der Waals surface area contributed by atoms with Gasteiger partial charge in [-0.2, -0.15) is 0 Å². The predicted octanol–water partition coefficient (Wildman–Crippen LogP) is 2.39. The van der Waals surface area contributed by atoms with Gasteiger partial charge in [-0.05, 0) is 57.4 Å². The van der Waals surface area contributed by atoms with E-state index in [1.807, 2.05) is 0 Å². The molecule has 2 rings (SSSR count). The molecule has 1 heterocycles. The van der Waals surface area contributed by atoms with Crippen LogP contribution in [0.1, 0.15) is 51.9 Å². The first kappa shape index (κ1) is 14.3. The minimum absolute atomic E-state index is 0.461. The molecular weight excluding hydrogens is 224 g/mol. The highest BCUT2D eigenvalue weighted by molar-refractivity contribution is 4.82. The molecule has 1 atom stereocenters. The molecular formula is C15H30N2O. The topological polar surface area (TPSA) is 38.5 Å². The van der Waals surface area contributed by atoms with Gasteiger partial charge in [-0.1, -0.05) is 6.92 Å². The normalized spacial score (nSPS) is 33.8. The van der Waals surface area contributed by atoms with Crippen LogP contribution in [0.3, 0.4) is 0 Å². The molecule has 0 radical (unpaired) electrons. The van der Waals surface area contributed by atoms with Crippen LogP contribution in [0.2, 0.25) is 0 Å². The summed E-state index contributed by atoms with van der Waals surface area (Å²) in [5, 5.41) is 0. The molecule has 0 aromatic carbocycles. The van der Waals surface area contributed by atoms with Crippen molar-refractivity contribution in [1.29, 1.82) is 0 Å². The van der Waals surface area contributed by atoms with Crippen LogP contribution in [0.4, 0.5) is 0 Å². The molecule has 2 fully saturated rings. The number of hydrogen-bond acceptors (Lipinski definition) is 3. The van der Waals surface area contributed by atoms with E-state index >= 15 is 0 Å². The van der Waals surface area contributed by atoms with Crippen LogP contribution in [0.25, 0.3) is 0 Å². The minimum atomic E-state index is 0.461. The first-order valence-electron chi connectivity index (χ1n) is 7.87. The summed E-state index contributed by atoms with van der Waals surface area (Å²) in [5.41, 5.74) is 6.02. The van der Waals surface area contributed by atoms with Gasteiger partial charge in [-0.15, -0.1) is 0 Å². The molecule has 1 saturated carbocycles. The van der Waals surface area contributed by atoms with Crippen LogP contribution >= 0.6 is 0 Å². The summed E-state index contributed by atoms with van der Waals surface area (Å²) in [6.45, 7) is 6.73. The largest absolute Gasteiger partial charge is 0.381 e. The van der Waals surface area contributed by atoms with Gasteiger partial charge < -0.3 is 15.4 Å². The molecule has 0 aromatic heterocycles. The summed E-state index contributed by atoms with van der Waals surface area (Å²) in [5.74, 6) is 0.765. The standard InChI is InChI=1S/C15H30N2O/c1-2-9-17(11-13-4-3-10-18-12-13)15-7-5-14(16)6-8-15/h13-15H,2-12,16H2,1H3. The van der Waals surface area contributed by atoms with Gasteiger partial charge in [0.25, 0.3) is 0 Å². The van der Waals surface area contributed by atoms with Crippen LogP contribution in [-0.2, 0) is 4.74 Å². The Bertz CT molecular complexity index is 221. The Morgan fingerprint density at radius 1 is 1.17 bits per heavy atom. The fraction of sp³-hybridized carbons (Fsp3) is 1.00. The third-order valence-electron chi connectivity index (χ3n) is 4.52. The van der Waals surface area contributed by atoms with Crippen LogP contribution in [0, 0.1) is 5.92 Å². The van der Waals surface area contributed by atoms with E-state index in [9.17, 15) is 0 Å². The van der Waals surface area contributed by atoms with Crippen molar-refractivity contribution in [2.75, 3.05) is 26.3 Å². The molecule has 1 unspecified atom stereocenters. The highest BCUT2D eigenvalue weighted by Crippen LogP contribution is 2.24. The highest BCUT2D eigenvalue weighted by atomic mass is 16.5. The fourth-order valence-corrected chi connectivity index (χ4v) is 3.46. The van der Waals surface area contributed by atoms with Crippen molar-refractivity contribution < 1.29 is 4.74 Å². The van der Waals surface area contributed by atoms with Gasteiger partial charge in [0, 0.05) is 25.2 Å². The first-order chi connectivity index (χ1) is 8.79. The van der Waals surface area contributed by atoms with Gasteiger partial charge in [0.15, 0.2) is 0 Å². The van der Waals surface area contributed by atoms with Crippen LogP contribution in [-0.4, -0.2) is 43.3 Å². The lowest BCUT2D eigenvalue weighted by molar-refractivity contribution is 0.0261. The summed E-state index contributed by atoms with van der Waals surface area (Å²) in [6, 6.07) is 1.24. The second-order valence-corrected chi connectivity index (χ2v) is 6.15. The summed E-state index contributed by atoms with van der Waals surface area (Å²) >= 11 is 0. The lowest BCUT2D eigenvalue weighted by Crippen LogP contribution is -2.44. The van der Waals surface area contributed by atoms with E-state index < -0.39 is 0 Å². The second kappa shape index (κ2) is 7.46. The van der Waals surface area contributed by atoms with Gasteiger partial charge >= 0.3 is 0 Å². The third kappa shape index (κ3) is 4.22. The number of nitrogens with zero attached hydrogens (tertiary/aromatic N) is 1. The molecule has 0 aromatic rings. The van der Waals surface area contributed by atoms with Crippen molar-refractivity contribution in [3.63, 3.8) is 0 Å². The quantitative estimate of drug-likeness (QED) is 0.819. The Morgan fingerprint density at radius 3 is 2.56 bits per heavy atom. The summed E-state index contributed by atoms with van der Waals surface area (Å²) in [6.07, 6.45) is 8.89. The van der Waals surface area contributed by atoms with Gasteiger partial charge in [0.05, 0.1) is 6.61 Å². The van der Waals surface area contributed by atoms with Crippen molar-refractivity contribution in [2.24, 2.45) is 11.7 Å². The van der Waals surface area contributed by atoms with E-state index in [1.54, 1.807) is 0 Å². The predicted molar refractivity (Wildman–Crippen MR) is 75.6 cm³/mol. The van der Waals surface area contributed by atoms with E-state index in [4.69, 9.17) is 10.5 Å². The molecule has 3 nitrogen and oxygen atoms in total. The maximum absolute atomic E-state index is 6.02.